The molecule has 1 atom stereocenters. The van der Waals surface area contributed by atoms with Gasteiger partial charge in [0.05, 0.1) is 19.5 Å². The molecule has 0 saturated carbocycles. The maximum Gasteiger partial charge on any atom is 0.196 e. The first-order valence-corrected chi connectivity index (χ1v) is 8.90. The average molecular weight is 369 g/mol. The molecule has 0 aliphatic heterocycles. The minimum atomic E-state index is -0.334. The lowest BCUT2D eigenvalue weighted by Gasteiger charge is -2.13. The molecule has 0 saturated heterocycles. The summed E-state index contributed by atoms with van der Waals surface area (Å²) in [5, 5.41) is 8.46. The number of carbonyl (C=O) groups excluding carboxylic acids is 1. The van der Waals surface area contributed by atoms with E-state index in [1.165, 1.54) is 11.8 Å². The fourth-order valence-electron chi connectivity index (χ4n) is 2.51. The lowest BCUT2D eigenvalue weighted by molar-refractivity contribution is 0.0993. The molecule has 3 aromatic rings. The van der Waals surface area contributed by atoms with Crippen LogP contribution >= 0.6 is 11.8 Å². The van der Waals surface area contributed by atoms with E-state index in [2.05, 4.69) is 10.2 Å². The van der Waals surface area contributed by atoms with Crippen LogP contribution in [0.15, 0.2) is 60.0 Å². The van der Waals surface area contributed by atoms with E-state index >= 15 is 0 Å². The van der Waals surface area contributed by atoms with Gasteiger partial charge in [-0.1, -0.05) is 30.0 Å². The van der Waals surface area contributed by atoms with Crippen LogP contribution in [-0.2, 0) is 0 Å². The second-order valence-electron chi connectivity index (χ2n) is 5.51. The fourth-order valence-corrected chi connectivity index (χ4v) is 3.43. The summed E-state index contributed by atoms with van der Waals surface area (Å²) in [6.45, 7) is 1.85. The molecule has 7 heteroatoms. The summed E-state index contributed by atoms with van der Waals surface area (Å²) in [6.07, 6.45) is 1.64. The number of ketones is 1. The Morgan fingerprint density at radius 3 is 2.50 bits per heavy atom. The zero-order valence-corrected chi connectivity index (χ0v) is 15.6. The van der Waals surface area contributed by atoms with Crippen LogP contribution < -0.4 is 9.47 Å². The summed E-state index contributed by atoms with van der Waals surface area (Å²) in [6, 6.07) is 14.9. The maximum atomic E-state index is 12.8. The molecular formula is C19H19N3O3S. The van der Waals surface area contributed by atoms with Crippen molar-refractivity contribution < 1.29 is 14.3 Å². The molecule has 0 amide bonds. The highest BCUT2D eigenvalue weighted by Crippen LogP contribution is 2.31. The van der Waals surface area contributed by atoms with Crippen molar-refractivity contribution in [1.82, 2.24) is 14.8 Å². The van der Waals surface area contributed by atoms with Crippen molar-refractivity contribution in [3.8, 4) is 17.2 Å². The molecular weight excluding hydrogens is 350 g/mol. The van der Waals surface area contributed by atoms with Gasteiger partial charge >= 0.3 is 0 Å². The highest BCUT2D eigenvalue weighted by atomic mass is 32.2. The van der Waals surface area contributed by atoms with Gasteiger partial charge in [-0.25, -0.2) is 0 Å². The highest BCUT2D eigenvalue weighted by Gasteiger charge is 2.21. The Kier molecular flexibility index (Phi) is 5.58. The van der Waals surface area contributed by atoms with Gasteiger partial charge in [-0.3, -0.25) is 9.36 Å². The number of carbonyl (C=O) groups is 1. The van der Waals surface area contributed by atoms with Gasteiger partial charge in [0.15, 0.2) is 22.4 Å². The van der Waals surface area contributed by atoms with Crippen LogP contribution in [0.25, 0.3) is 5.69 Å². The fraction of sp³-hybridized carbons (Fsp3) is 0.211. The van der Waals surface area contributed by atoms with Crippen LogP contribution in [-0.4, -0.2) is 40.0 Å². The number of para-hydroxylation sites is 1. The van der Waals surface area contributed by atoms with E-state index in [4.69, 9.17) is 9.47 Å². The summed E-state index contributed by atoms with van der Waals surface area (Å²) in [4.78, 5) is 12.8. The number of hydrogen-bond donors (Lipinski definition) is 0. The molecule has 0 fully saturated rings. The Hall–Kier alpha value is -2.80. The van der Waals surface area contributed by atoms with E-state index in [0.717, 1.165) is 5.69 Å². The zero-order valence-electron chi connectivity index (χ0n) is 14.7. The summed E-state index contributed by atoms with van der Waals surface area (Å²) in [5.41, 5.74) is 1.51. The average Bonchev–Trinajstić information content (AvgIpc) is 3.15. The number of ether oxygens (including phenoxy) is 2. The molecule has 0 aliphatic rings. The molecule has 6 nitrogen and oxygen atoms in total. The SMILES string of the molecule is COc1ccc(C(=O)[C@H](C)Sc2nncn2-c2ccccc2)cc1OC. The standard InChI is InChI=1S/C19H19N3O3S/c1-13(18(23)14-9-10-16(24-2)17(11-14)25-3)26-19-21-20-12-22(19)15-7-5-4-6-8-15/h4-13H,1-3H3/t13-/m0/s1. The van der Waals surface area contributed by atoms with Crippen molar-refractivity contribution >= 4 is 17.5 Å². The number of hydrogen-bond acceptors (Lipinski definition) is 6. The van der Waals surface area contributed by atoms with Gasteiger partial charge in [0, 0.05) is 11.3 Å². The molecule has 0 spiro atoms. The molecule has 3 rings (SSSR count). The molecule has 0 bridgehead atoms. The Labute approximate surface area is 156 Å². The monoisotopic (exact) mass is 369 g/mol. The van der Waals surface area contributed by atoms with Gasteiger partial charge in [-0.15, -0.1) is 10.2 Å². The predicted molar refractivity (Wildman–Crippen MR) is 101 cm³/mol. The molecule has 2 aromatic carbocycles. The van der Waals surface area contributed by atoms with Crippen LogP contribution in [0.3, 0.4) is 0 Å². The number of Topliss-reactive ketones (excluding diaryl/α,β-unsaturated/α-hetero) is 1. The van der Waals surface area contributed by atoms with Crippen molar-refractivity contribution in [2.75, 3.05) is 14.2 Å². The topological polar surface area (TPSA) is 66.2 Å². The summed E-state index contributed by atoms with van der Waals surface area (Å²) in [5.74, 6) is 1.11. The van der Waals surface area contributed by atoms with Gasteiger partial charge in [0.25, 0.3) is 0 Å². The van der Waals surface area contributed by atoms with Gasteiger partial charge in [-0.05, 0) is 37.3 Å². The van der Waals surface area contributed by atoms with Gasteiger partial charge in [0.2, 0.25) is 0 Å². The van der Waals surface area contributed by atoms with Gasteiger partial charge in [-0.2, -0.15) is 0 Å². The van der Waals surface area contributed by atoms with Crippen molar-refractivity contribution in [3.63, 3.8) is 0 Å². The largest absolute Gasteiger partial charge is 0.493 e. The first-order valence-electron chi connectivity index (χ1n) is 8.02. The molecule has 0 aliphatic carbocycles. The van der Waals surface area contributed by atoms with E-state index in [0.29, 0.717) is 22.2 Å². The molecule has 134 valence electrons. The molecule has 0 N–H and O–H groups in total. The first-order chi connectivity index (χ1) is 12.6. The number of aromatic nitrogens is 3. The third kappa shape index (κ3) is 3.72. The zero-order chi connectivity index (χ0) is 18.5. The molecule has 0 unspecified atom stereocenters. The van der Waals surface area contributed by atoms with E-state index in [-0.39, 0.29) is 11.0 Å². The first kappa shape index (κ1) is 18.0. The van der Waals surface area contributed by atoms with Crippen molar-refractivity contribution in [1.29, 1.82) is 0 Å². The second kappa shape index (κ2) is 8.05. The normalized spacial score (nSPS) is 11.8. The van der Waals surface area contributed by atoms with Crippen molar-refractivity contribution in [2.45, 2.75) is 17.3 Å². The third-order valence-electron chi connectivity index (χ3n) is 3.87. The third-order valence-corrected chi connectivity index (χ3v) is 4.93. The Morgan fingerprint density at radius 2 is 1.81 bits per heavy atom. The Morgan fingerprint density at radius 1 is 1.08 bits per heavy atom. The maximum absolute atomic E-state index is 12.8. The smallest absolute Gasteiger partial charge is 0.196 e. The molecule has 0 radical (unpaired) electrons. The summed E-state index contributed by atoms with van der Waals surface area (Å²) < 4.78 is 12.4. The molecule has 26 heavy (non-hydrogen) atoms. The van der Waals surface area contributed by atoms with Gasteiger partial charge in [0.1, 0.15) is 6.33 Å². The minimum absolute atomic E-state index is 0.0152. The predicted octanol–water partition coefficient (Wildman–Crippen LogP) is 3.65. The number of rotatable bonds is 7. The van der Waals surface area contributed by atoms with Gasteiger partial charge < -0.3 is 9.47 Å². The lowest BCUT2D eigenvalue weighted by atomic mass is 10.1. The van der Waals surface area contributed by atoms with E-state index in [9.17, 15) is 4.79 Å². The molecule has 1 aromatic heterocycles. The number of methoxy groups -OCH3 is 2. The van der Waals surface area contributed by atoms with E-state index in [1.54, 1.807) is 38.7 Å². The van der Waals surface area contributed by atoms with Crippen LogP contribution in [0.4, 0.5) is 0 Å². The highest BCUT2D eigenvalue weighted by molar-refractivity contribution is 8.00. The van der Waals surface area contributed by atoms with E-state index < -0.39 is 0 Å². The lowest BCUT2D eigenvalue weighted by Crippen LogP contribution is -2.14. The molecule has 1 heterocycles. The number of thioether (sulfide) groups is 1. The van der Waals surface area contributed by atoms with Crippen LogP contribution in [0.5, 0.6) is 11.5 Å². The number of benzene rings is 2. The van der Waals surface area contributed by atoms with Crippen molar-refractivity contribution in [2.24, 2.45) is 0 Å². The summed E-state index contributed by atoms with van der Waals surface area (Å²) in [7, 11) is 3.11. The van der Waals surface area contributed by atoms with E-state index in [1.807, 2.05) is 41.8 Å². The van der Waals surface area contributed by atoms with Crippen LogP contribution in [0, 0.1) is 0 Å². The Bertz CT molecular complexity index is 896. The van der Waals surface area contributed by atoms with Crippen LogP contribution in [0.2, 0.25) is 0 Å². The minimum Gasteiger partial charge on any atom is -0.493 e. The Balaban J connectivity index is 1.80. The number of nitrogens with zero attached hydrogens (tertiary/aromatic N) is 3. The summed E-state index contributed by atoms with van der Waals surface area (Å²) >= 11 is 1.37. The van der Waals surface area contributed by atoms with Crippen LogP contribution in [0.1, 0.15) is 17.3 Å². The second-order valence-corrected chi connectivity index (χ2v) is 6.82. The quantitative estimate of drug-likeness (QED) is 0.468. The van der Waals surface area contributed by atoms with Crippen molar-refractivity contribution in [3.05, 3.63) is 60.4 Å².